The van der Waals surface area contributed by atoms with E-state index in [4.69, 9.17) is 4.74 Å². The number of sulfonamides is 1. The van der Waals surface area contributed by atoms with Crippen LogP contribution in [-0.4, -0.2) is 27.2 Å². The van der Waals surface area contributed by atoms with Gasteiger partial charge in [0.25, 0.3) is 5.91 Å². The van der Waals surface area contributed by atoms with Crippen molar-refractivity contribution in [3.05, 3.63) is 89.2 Å². The zero-order chi connectivity index (χ0) is 24.9. The number of hydrogen-bond acceptors (Lipinski definition) is 4. The summed E-state index contributed by atoms with van der Waals surface area (Å²) in [5.41, 5.74) is 3.44. The van der Waals surface area contributed by atoms with Crippen molar-refractivity contribution in [2.45, 2.75) is 33.2 Å². The molecule has 6 nitrogen and oxygen atoms in total. The summed E-state index contributed by atoms with van der Waals surface area (Å²) >= 11 is 0. The fourth-order valence-electron chi connectivity index (χ4n) is 3.56. The lowest BCUT2D eigenvalue weighted by atomic mass is 9.98. The summed E-state index contributed by atoms with van der Waals surface area (Å²) in [6.45, 7) is 5.73. The molecular formula is C26H29FN2O4S. The summed E-state index contributed by atoms with van der Waals surface area (Å²) in [7, 11) is -3.66. The lowest BCUT2D eigenvalue weighted by Crippen LogP contribution is -2.29. The number of rotatable bonds is 9. The van der Waals surface area contributed by atoms with Crippen molar-refractivity contribution in [2.75, 3.05) is 22.5 Å². The van der Waals surface area contributed by atoms with Gasteiger partial charge >= 0.3 is 0 Å². The lowest BCUT2D eigenvalue weighted by molar-refractivity contribution is -0.118. The van der Waals surface area contributed by atoms with Crippen LogP contribution in [0.3, 0.4) is 0 Å². The predicted octanol–water partition coefficient (Wildman–Crippen LogP) is 5.24. The average Bonchev–Trinajstić information content (AvgIpc) is 2.78. The molecule has 0 unspecified atom stereocenters. The maximum atomic E-state index is 14.1. The topological polar surface area (TPSA) is 75.7 Å². The molecular weight excluding hydrogens is 455 g/mol. The van der Waals surface area contributed by atoms with Gasteiger partial charge in [0.1, 0.15) is 11.6 Å². The number of aryl methyl sites for hydroxylation is 1. The van der Waals surface area contributed by atoms with Gasteiger partial charge in [-0.3, -0.25) is 9.10 Å². The number of ether oxygens (including phenoxy) is 1. The molecule has 0 spiro atoms. The number of halogens is 1. The van der Waals surface area contributed by atoms with Gasteiger partial charge in [0.15, 0.2) is 6.61 Å². The van der Waals surface area contributed by atoms with Crippen molar-refractivity contribution in [1.82, 2.24) is 0 Å². The number of para-hydroxylation sites is 1. The summed E-state index contributed by atoms with van der Waals surface area (Å²) in [5.74, 6) is -0.105. The summed E-state index contributed by atoms with van der Waals surface area (Å²) in [6, 6.07) is 18.2. The van der Waals surface area contributed by atoms with Crippen LogP contribution in [0.15, 0.2) is 66.7 Å². The quantitative estimate of drug-likeness (QED) is 0.451. The largest absolute Gasteiger partial charge is 0.484 e. The highest BCUT2D eigenvalue weighted by atomic mass is 32.2. The normalized spacial score (nSPS) is 11.4. The summed E-state index contributed by atoms with van der Waals surface area (Å²) < 4.78 is 45.5. The molecule has 3 aromatic carbocycles. The van der Waals surface area contributed by atoms with Crippen LogP contribution in [-0.2, 0) is 21.4 Å². The third-order valence-electron chi connectivity index (χ3n) is 5.36. The van der Waals surface area contributed by atoms with Gasteiger partial charge in [-0.15, -0.1) is 0 Å². The maximum absolute atomic E-state index is 14.1. The molecule has 3 aromatic rings. The molecule has 0 aliphatic heterocycles. The van der Waals surface area contributed by atoms with Crippen LogP contribution in [0, 0.1) is 12.7 Å². The van der Waals surface area contributed by atoms with Gasteiger partial charge < -0.3 is 10.1 Å². The summed E-state index contributed by atoms with van der Waals surface area (Å²) in [6.07, 6.45) is 1.07. The Morgan fingerprint density at radius 3 is 2.32 bits per heavy atom. The van der Waals surface area contributed by atoms with E-state index in [1.54, 1.807) is 42.5 Å². The predicted molar refractivity (Wildman–Crippen MR) is 133 cm³/mol. The van der Waals surface area contributed by atoms with Crippen LogP contribution in [0.5, 0.6) is 5.75 Å². The first-order valence-electron chi connectivity index (χ1n) is 10.9. The molecule has 0 aromatic heterocycles. The number of nitrogens with one attached hydrogen (secondary N) is 1. The summed E-state index contributed by atoms with van der Waals surface area (Å²) in [4.78, 5) is 12.5. The van der Waals surface area contributed by atoms with Crippen molar-refractivity contribution in [1.29, 1.82) is 0 Å². The molecule has 8 heteroatoms. The van der Waals surface area contributed by atoms with Crippen molar-refractivity contribution < 1.29 is 22.3 Å². The molecule has 34 heavy (non-hydrogen) atoms. The fourth-order valence-corrected chi connectivity index (χ4v) is 4.43. The highest BCUT2D eigenvalue weighted by Crippen LogP contribution is 2.28. The van der Waals surface area contributed by atoms with Gasteiger partial charge in [-0.2, -0.15) is 0 Å². The first-order valence-corrected chi connectivity index (χ1v) is 12.7. The Kier molecular flexibility index (Phi) is 7.94. The Morgan fingerprint density at radius 2 is 1.71 bits per heavy atom. The van der Waals surface area contributed by atoms with Crippen molar-refractivity contribution in [3.63, 3.8) is 0 Å². The van der Waals surface area contributed by atoms with Gasteiger partial charge in [-0.05, 0) is 54.3 Å². The van der Waals surface area contributed by atoms with E-state index in [0.717, 1.165) is 27.4 Å². The Bertz CT molecular complexity index is 1260. The van der Waals surface area contributed by atoms with Crippen LogP contribution in [0.2, 0.25) is 0 Å². The van der Waals surface area contributed by atoms with Crippen molar-refractivity contribution >= 4 is 27.3 Å². The molecule has 0 aliphatic rings. The minimum Gasteiger partial charge on any atom is -0.484 e. The lowest BCUT2D eigenvalue weighted by Gasteiger charge is -2.23. The van der Waals surface area contributed by atoms with Crippen LogP contribution in [0.4, 0.5) is 15.8 Å². The van der Waals surface area contributed by atoms with Gasteiger partial charge in [0.2, 0.25) is 10.0 Å². The maximum Gasteiger partial charge on any atom is 0.262 e. The number of carbonyl (C=O) groups excluding carboxylic acids is 1. The molecule has 0 atom stereocenters. The Labute approximate surface area is 200 Å². The first kappa shape index (κ1) is 25.2. The number of benzene rings is 3. The number of nitrogens with zero attached hydrogens (tertiary/aromatic N) is 1. The van der Waals surface area contributed by atoms with E-state index in [9.17, 15) is 17.6 Å². The molecule has 180 valence electrons. The Balaban J connectivity index is 1.68. The highest BCUT2D eigenvalue weighted by Gasteiger charge is 2.19. The molecule has 1 amide bonds. The molecule has 0 saturated carbocycles. The van der Waals surface area contributed by atoms with E-state index in [1.165, 1.54) is 6.07 Å². The molecule has 0 heterocycles. The van der Waals surface area contributed by atoms with Gasteiger partial charge in [0.05, 0.1) is 18.5 Å². The van der Waals surface area contributed by atoms with Crippen LogP contribution >= 0.6 is 0 Å². The zero-order valence-corrected chi connectivity index (χ0v) is 20.5. The monoisotopic (exact) mass is 484 g/mol. The minimum atomic E-state index is -3.66. The van der Waals surface area contributed by atoms with E-state index in [-0.39, 0.29) is 30.5 Å². The Morgan fingerprint density at radius 1 is 1.03 bits per heavy atom. The van der Waals surface area contributed by atoms with E-state index >= 15 is 0 Å². The van der Waals surface area contributed by atoms with Crippen LogP contribution in [0.1, 0.15) is 36.5 Å². The summed E-state index contributed by atoms with van der Waals surface area (Å²) in [5, 5.41) is 2.93. The molecule has 1 N–H and O–H groups in total. The molecule has 0 aliphatic carbocycles. The number of amides is 1. The number of carbonyl (C=O) groups is 1. The van der Waals surface area contributed by atoms with Crippen molar-refractivity contribution in [2.24, 2.45) is 0 Å². The van der Waals surface area contributed by atoms with E-state index in [0.29, 0.717) is 11.4 Å². The third-order valence-corrected chi connectivity index (χ3v) is 6.50. The second-order valence-electron chi connectivity index (χ2n) is 8.39. The number of anilines is 2. The van der Waals surface area contributed by atoms with Gasteiger partial charge in [0, 0.05) is 11.3 Å². The van der Waals surface area contributed by atoms with E-state index in [1.807, 2.05) is 25.1 Å². The van der Waals surface area contributed by atoms with Crippen molar-refractivity contribution in [3.8, 4) is 5.75 Å². The standard InChI is InChI=1S/C26H29FN2O4S/c1-18(2)23-10-7-8-19(3)26(23)28-25(30)17-33-22-14-12-21(13-15-22)29(34(4,31)32)16-20-9-5-6-11-24(20)27/h5-15,18H,16-17H2,1-4H3,(H,28,30). The average molecular weight is 485 g/mol. The first-order chi connectivity index (χ1) is 16.1. The van der Waals surface area contributed by atoms with E-state index in [2.05, 4.69) is 19.2 Å². The second-order valence-corrected chi connectivity index (χ2v) is 10.3. The SMILES string of the molecule is Cc1cccc(C(C)C)c1NC(=O)COc1ccc(N(Cc2ccccc2F)S(C)(=O)=O)cc1. The van der Waals surface area contributed by atoms with Gasteiger partial charge in [-0.25, -0.2) is 12.8 Å². The molecule has 0 saturated heterocycles. The molecule has 3 rings (SSSR count). The molecule has 0 fully saturated rings. The highest BCUT2D eigenvalue weighted by molar-refractivity contribution is 7.92. The minimum absolute atomic E-state index is 0.136. The molecule has 0 radical (unpaired) electrons. The second kappa shape index (κ2) is 10.7. The third kappa shape index (κ3) is 6.35. The smallest absolute Gasteiger partial charge is 0.262 e. The van der Waals surface area contributed by atoms with Gasteiger partial charge in [-0.1, -0.05) is 50.2 Å². The zero-order valence-electron chi connectivity index (χ0n) is 19.7. The fraction of sp³-hybridized carbons (Fsp3) is 0.269. The number of hydrogen-bond donors (Lipinski definition) is 1. The Hall–Kier alpha value is -3.39. The van der Waals surface area contributed by atoms with Crippen LogP contribution < -0.4 is 14.4 Å². The van der Waals surface area contributed by atoms with Crippen LogP contribution in [0.25, 0.3) is 0 Å². The van der Waals surface area contributed by atoms with E-state index < -0.39 is 15.8 Å². The molecule has 0 bridgehead atoms.